The van der Waals surface area contributed by atoms with Gasteiger partial charge in [-0.15, -0.1) is 0 Å². The summed E-state index contributed by atoms with van der Waals surface area (Å²) in [6.45, 7) is 3.57. The lowest BCUT2D eigenvalue weighted by molar-refractivity contribution is 0.0671. The first-order valence-electron chi connectivity index (χ1n) is 9.26. The number of nitrogens with one attached hydrogen (secondary N) is 1. The van der Waals surface area contributed by atoms with Gasteiger partial charge in [0.15, 0.2) is 17.6 Å². The van der Waals surface area contributed by atoms with Crippen LogP contribution >= 0.6 is 0 Å². The van der Waals surface area contributed by atoms with Crippen LogP contribution in [0.5, 0.6) is 11.5 Å². The van der Waals surface area contributed by atoms with E-state index in [0.29, 0.717) is 19.7 Å². The highest BCUT2D eigenvalue weighted by Crippen LogP contribution is 2.32. The highest BCUT2D eigenvalue weighted by molar-refractivity contribution is 5.75. The molecule has 4 rings (SSSR count). The number of hydrogen-bond acceptors (Lipinski definition) is 3. The molecule has 0 saturated heterocycles. The highest BCUT2D eigenvalue weighted by Gasteiger charge is 2.28. The average Bonchev–Trinajstić information content (AvgIpc) is 3.09. The number of aryl methyl sites for hydroxylation is 1. The van der Waals surface area contributed by atoms with Crippen LogP contribution in [-0.2, 0) is 6.42 Å². The van der Waals surface area contributed by atoms with Crippen LogP contribution in [0.3, 0.4) is 0 Å². The van der Waals surface area contributed by atoms with E-state index in [9.17, 15) is 4.79 Å². The molecule has 1 aliphatic carbocycles. The molecule has 1 aliphatic heterocycles. The Morgan fingerprint density at radius 3 is 2.77 bits per heavy atom. The predicted octanol–water partition coefficient (Wildman–Crippen LogP) is 3.55. The zero-order valence-electron chi connectivity index (χ0n) is 15.0. The van der Waals surface area contributed by atoms with Crippen LogP contribution in [-0.4, -0.2) is 36.7 Å². The number of carbonyl (C=O) groups is 1. The molecular formula is C21H24N2O3. The zero-order chi connectivity index (χ0) is 17.9. The summed E-state index contributed by atoms with van der Waals surface area (Å²) in [7, 11) is 0. The molecule has 136 valence electrons. The number of hydrogen-bond donors (Lipinski definition) is 1. The Bertz CT molecular complexity index is 792. The summed E-state index contributed by atoms with van der Waals surface area (Å²) in [6.07, 6.45) is 1.81. The van der Waals surface area contributed by atoms with E-state index in [1.54, 1.807) is 4.90 Å². The molecule has 5 heteroatoms. The van der Waals surface area contributed by atoms with Crippen LogP contribution in [0.1, 0.15) is 30.5 Å². The van der Waals surface area contributed by atoms with Crippen LogP contribution < -0.4 is 14.8 Å². The fraction of sp³-hybridized carbons (Fsp3) is 0.381. The van der Waals surface area contributed by atoms with Crippen molar-refractivity contribution >= 4 is 6.03 Å². The van der Waals surface area contributed by atoms with E-state index in [1.807, 2.05) is 37.3 Å². The van der Waals surface area contributed by atoms with Crippen molar-refractivity contribution in [3.05, 3.63) is 59.7 Å². The van der Waals surface area contributed by atoms with Gasteiger partial charge in [-0.05, 0) is 43.0 Å². The molecule has 2 unspecified atom stereocenters. The Morgan fingerprint density at radius 1 is 1.15 bits per heavy atom. The van der Waals surface area contributed by atoms with Crippen molar-refractivity contribution in [3.8, 4) is 11.5 Å². The molecule has 2 amide bonds. The molecule has 0 saturated carbocycles. The van der Waals surface area contributed by atoms with Gasteiger partial charge in [-0.3, -0.25) is 0 Å². The fourth-order valence-corrected chi connectivity index (χ4v) is 3.70. The summed E-state index contributed by atoms with van der Waals surface area (Å²) in [5.74, 6) is 1.50. The minimum absolute atomic E-state index is 0.0448. The van der Waals surface area contributed by atoms with Crippen LogP contribution in [0.2, 0.25) is 0 Å². The van der Waals surface area contributed by atoms with E-state index >= 15 is 0 Å². The number of nitrogens with zero attached hydrogens (tertiary/aromatic N) is 1. The molecule has 0 aromatic heterocycles. The van der Waals surface area contributed by atoms with Crippen molar-refractivity contribution in [3.63, 3.8) is 0 Å². The molecule has 1 heterocycles. The van der Waals surface area contributed by atoms with Gasteiger partial charge >= 0.3 is 6.03 Å². The van der Waals surface area contributed by atoms with Gasteiger partial charge in [-0.25, -0.2) is 4.79 Å². The number of urea groups is 1. The van der Waals surface area contributed by atoms with Crippen LogP contribution in [0.25, 0.3) is 0 Å². The summed E-state index contributed by atoms with van der Waals surface area (Å²) in [6, 6.07) is 16.0. The van der Waals surface area contributed by atoms with Crippen molar-refractivity contribution in [2.45, 2.75) is 31.9 Å². The standard InChI is InChI=1S/C21H24N2O3/c1-2-23(13-16-14-25-19-9-5-6-10-20(19)26-16)21(24)22-18-12-11-15-7-3-4-8-17(15)18/h3-10,16,18H,2,11-14H2,1H3,(H,22,24). The average molecular weight is 352 g/mol. The zero-order valence-corrected chi connectivity index (χ0v) is 15.0. The Hall–Kier alpha value is -2.69. The quantitative estimate of drug-likeness (QED) is 0.916. The van der Waals surface area contributed by atoms with E-state index in [1.165, 1.54) is 11.1 Å². The van der Waals surface area contributed by atoms with Gasteiger partial charge < -0.3 is 19.7 Å². The minimum Gasteiger partial charge on any atom is -0.486 e. The van der Waals surface area contributed by atoms with Crippen LogP contribution in [0, 0.1) is 0 Å². The van der Waals surface area contributed by atoms with Crippen molar-refractivity contribution in [1.82, 2.24) is 10.2 Å². The van der Waals surface area contributed by atoms with Crippen LogP contribution in [0.4, 0.5) is 4.79 Å². The van der Waals surface area contributed by atoms with E-state index in [4.69, 9.17) is 9.47 Å². The van der Waals surface area contributed by atoms with E-state index in [-0.39, 0.29) is 18.2 Å². The summed E-state index contributed by atoms with van der Waals surface area (Å²) in [5, 5.41) is 3.19. The highest BCUT2D eigenvalue weighted by atomic mass is 16.6. The number of benzene rings is 2. The first-order valence-corrected chi connectivity index (χ1v) is 9.26. The maximum atomic E-state index is 12.8. The molecule has 5 nitrogen and oxygen atoms in total. The molecule has 2 atom stereocenters. The predicted molar refractivity (Wildman–Crippen MR) is 99.6 cm³/mol. The molecule has 1 N–H and O–H groups in total. The van der Waals surface area contributed by atoms with Gasteiger partial charge in [0.2, 0.25) is 0 Å². The lowest BCUT2D eigenvalue weighted by atomic mass is 10.1. The number of rotatable bonds is 4. The van der Waals surface area contributed by atoms with Crippen molar-refractivity contribution in [2.75, 3.05) is 19.7 Å². The Balaban J connectivity index is 1.38. The number of ether oxygens (including phenoxy) is 2. The van der Waals surface area contributed by atoms with E-state index in [2.05, 4.69) is 23.5 Å². The summed E-state index contributed by atoms with van der Waals surface area (Å²) in [4.78, 5) is 14.6. The first kappa shape index (κ1) is 16.8. The summed E-state index contributed by atoms with van der Waals surface area (Å²) in [5.41, 5.74) is 2.57. The number of carbonyl (C=O) groups excluding carboxylic acids is 1. The maximum absolute atomic E-state index is 12.8. The molecule has 2 aromatic rings. The van der Waals surface area contributed by atoms with Gasteiger partial charge in [0.25, 0.3) is 0 Å². The third-order valence-corrected chi connectivity index (χ3v) is 5.09. The molecular weight excluding hydrogens is 328 g/mol. The monoisotopic (exact) mass is 352 g/mol. The molecule has 0 spiro atoms. The second-order valence-corrected chi connectivity index (χ2v) is 6.78. The van der Waals surface area contributed by atoms with Gasteiger partial charge in [-0.1, -0.05) is 36.4 Å². The van der Waals surface area contributed by atoms with Crippen molar-refractivity contribution < 1.29 is 14.3 Å². The third kappa shape index (κ3) is 3.34. The number of fused-ring (bicyclic) bond motifs is 2. The summed E-state index contributed by atoms with van der Waals surface area (Å²) >= 11 is 0. The minimum atomic E-state index is -0.161. The van der Waals surface area contributed by atoms with Gasteiger partial charge in [0.1, 0.15) is 6.61 Å². The Morgan fingerprint density at radius 2 is 1.92 bits per heavy atom. The largest absolute Gasteiger partial charge is 0.486 e. The number of likely N-dealkylation sites (N-methyl/N-ethyl adjacent to an activating group) is 1. The third-order valence-electron chi connectivity index (χ3n) is 5.09. The Labute approximate surface area is 153 Å². The second-order valence-electron chi connectivity index (χ2n) is 6.78. The van der Waals surface area contributed by atoms with Gasteiger partial charge in [0, 0.05) is 6.54 Å². The van der Waals surface area contributed by atoms with E-state index < -0.39 is 0 Å². The SMILES string of the molecule is CCN(CC1COc2ccccc2O1)C(=O)NC1CCc2ccccc21. The van der Waals surface area contributed by atoms with Gasteiger partial charge in [-0.2, -0.15) is 0 Å². The number of para-hydroxylation sites is 2. The summed E-state index contributed by atoms with van der Waals surface area (Å²) < 4.78 is 11.8. The Kier molecular flexibility index (Phi) is 4.69. The van der Waals surface area contributed by atoms with Crippen molar-refractivity contribution in [2.24, 2.45) is 0 Å². The first-order chi connectivity index (χ1) is 12.7. The fourth-order valence-electron chi connectivity index (χ4n) is 3.70. The molecule has 2 aromatic carbocycles. The van der Waals surface area contributed by atoms with Crippen LogP contribution in [0.15, 0.2) is 48.5 Å². The normalized spacial score (nSPS) is 20.3. The smallest absolute Gasteiger partial charge is 0.318 e. The van der Waals surface area contributed by atoms with Crippen molar-refractivity contribution in [1.29, 1.82) is 0 Å². The topological polar surface area (TPSA) is 50.8 Å². The number of amides is 2. The molecule has 0 radical (unpaired) electrons. The molecule has 26 heavy (non-hydrogen) atoms. The lowest BCUT2D eigenvalue weighted by Gasteiger charge is -2.31. The molecule has 2 aliphatic rings. The second kappa shape index (κ2) is 7.28. The lowest BCUT2D eigenvalue weighted by Crippen LogP contribution is -2.48. The molecule has 0 bridgehead atoms. The molecule has 0 fully saturated rings. The maximum Gasteiger partial charge on any atom is 0.318 e. The van der Waals surface area contributed by atoms with Gasteiger partial charge in [0.05, 0.1) is 12.6 Å². The van der Waals surface area contributed by atoms with E-state index in [0.717, 1.165) is 24.3 Å².